The number of rotatable bonds is 6. The number of hydrogen-bond acceptors (Lipinski definition) is 4. The monoisotopic (exact) mass is 357 g/mol. The molecule has 1 amide bonds. The Morgan fingerprint density at radius 2 is 1.88 bits per heavy atom. The fraction of sp³-hybridized carbons (Fsp3) is 0.571. The van der Waals surface area contributed by atoms with Gasteiger partial charge in [0, 0.05) is 38.4 Å². The fourth-order valence-electron chi connectivity index (χ4n) is 3.82. The Hall–Kier alpha value is -2.01. The molecule has 2 N–H and O–H groups in total. The SMILES string of the molecule is C[C@H](C(=O)NCCC1=CCCCC1)N1CCN(c2ccc(O)cc2)CC1. The molecule has 1 atom stereocenters. The van der Waals surface area contributed by atoms with Crippen molar-refractivity contribution in [3.8, 4) is 5.75 Å². The van der Waals surface area contributed by atoms with Crippen LogP contribution in [0.15, 0.2) is 35.9 Å². The lowest BCUT2D eigenvalue weighted by Gasteiger charge is -2.38. The van der Waals surface area contributed by atoms with E-state index in [0.29, 0.717) is 5.75 Å². The molecule has 0 unspecified atom stereocenters. The maximum Gasteiger partial charge on any atom is 0.237 e. The quantitative estimate of drug-likeness (QED) is 0.769. The average molecular weight is 357 g/mol. The molecule has 1 aromatic carbocycles. The predicted octanol–water partition coefficient (Wildman–Crippen LogP) is 2.91. The molecule has 1 aliphatic heterocycles. The summed E-state index contributed by atoms with van der Waals surface area (Å²) in [7, 11) is 0. The van der Waals surface area contributed by atoms with Crippen molar-refractivity contribution in [1.29, 1.82) is 0 Å². The van der Waals surface area contributed by atoms with Gasteiger partial charge in [0.25, 0.3) is 0 Å². The van der Waals surface area contributed by atoms with E-state index in [-0.39, 0.29) is 11.9 Å². The van der Waals surface area contributed by atoms with E-state index in [1.807, 2.05) is 19.1 Å². The normalized spacial score (nSPS) is 19.7. The van der Waals surface area contributed by atoms with Crippen molar-refractivity contribution in [3.05, 3.63) is 35.9 Å². The van der Waals surface area contributed by atoms with Crippen LogP contribution in [-0.4, -0.2) is 54.7 Å². The van der Waals surface area contributed by atoms with Crippen molar-refractivity contribution in [2.45, 2.75) is 45.1 Å². The molecule has 26 heavy (non-hydrogen) atoms. The second-order valence-electron chi connectivity index (χ2n) is 7.36. The average Bonchev–Trinajstić information content (AvgIpc) is 2.69. The zero-order chi connectivity index (χ0) is 18.4. The van der Waals surface area contributed by atoms with Gasteiger partial charge in [-0.1, -0.05) is 11.6 Å². The number of allylic oxidation sites excluding steroid dienone is 1. The molecule has 2 aliphatic rings. The van der Waals surface area contributed by atoms with Crippen LogP contribution in [0, 0.1) is 0 Å². The number of anilines is 1. The number of carbonyl (C=O) groups is 1. The lowest BCUT2D eigenvalue weighted by atomic mass is 9.97. The highest BCUT2D eigenvalue weighted by Gasteiger charge is 2.25. The summed E-state index contributed by atoms with van der Waals surface area (Å²) in [5.74, 6) is 0.432. The number of benzene rings is 1. The Balaban J connectivity index is 1.41. The van der Waals surface area contributed by atoms with Crippen LogP contribution in [0.4, 0.5) is 5.69 Å². The second-order valence-corrected chi connectivity index (χ2v) is 7.36. The Morgan fingerprint density at radius 1 is 1.15 bits per heavy atom. The van der Waals surface area contributed by atoms with E-state index in [1.165, 1.54) is 31.3 Å². The Labute approximate surface area is 156 Å². The Bertz CT molecular complexity index is 619. The van der Waals surface area contributed by atoms with Crippen molar-refractivity contribution >= 4 is 11.6 Å². The topological polar surface area (TPSA) is 55.8 Å². The van der Waals surface area contributed by atoms with Crippen molar-refractivity contribution in [3.63, 3.8) is 0 Å². The number of phenolic OH excluding ortho intramolecular Hbond substituents is 1. The number of nitrogens with zero attached hydrogens (tertiary/aromatic N) is 2. The molecular formula is C21H31N3O2. The summed E-state index contributed by atoms with van der Waals surface area (Å²) in [6, 6.07) is 7.25. The smallest absolute Gasteiger partial charge is 0.237 e. The molecule has 1 saturated heterocycles. The molecule has 1 fully saturated rings. The molecule has 0 radical (unpaired) electrons. The summed E-state index contributed by atoms with van der Waals surface area (Å²) >= 11 is 0. The summed E-state index contributed by atoms with van der Waals surface area (Å²) in [5, 5.41) is 12.5. The van der Waals surface area contributed by atoms with E-state index in [0.717, 1.165) is 44.8 Å². The van der Waals surface area contributed by atoms with Gasteiger partial charge in [0.15, 0.2) is 0 Å². The van der Waals surface area contributed by atoms with Gasteiger partial charge in [-0.15, -0.1) is 0 Å². The molecule has 0 aromatic heterocycles. The number of aromatic hydroxyl groups is 1. The minimum atomic E-state index is -0.0858. The molecule has 1 aromatic rings. The number of nitrogens with one attached hydrogen (secondary N) is 1. The van der Waals surface area contributed by atoms with Crippen LogP contribution in [0.5, 0.6) is 5.75 Å². The van der Waals surface area contributed by atoms with E-state index in [9.17, 15) is 9.90 Å². The van der Waals surface area contributed by atoms with E-state index in [4.69, 9.17) is 0 Å². The Kier molecular flexibility index (Phi) is 6.56. The van der Waals surface area contributed by atoms with Crippen LogP contribution in [0.1, 0.15) is 39.0 Å². The van der Waals surface area contributed by atoms with E-state index in [1.54, 1.807) is 12.1 Å². The zero-order valence-corrected chi connectivity index (χ0v) is 15.8. The lowest BCUT2D eigenvalue weighted by molar-refractivity contribution is -0.125. The molecule has 5 nitrogen and oxygen atoms in total. The fourth-order valence-corrected chi connectivity index (χ4v) is 3.82. The van der Waals surface area contributed by atoms with Gasteiger partial charge in [-0.05, 0) is 63.3 Å². The van der Waals surface area contributed by atoms with Gasteiger partial charge in [-0.3, -0.25) is 9.69 Å². The summed E-state index contributed by atoms with van der Waals surface area (Å²) in [6.07, 6.45) is 8.34. The maximum absolute atomic E-state index is 12.5. The standard InChI is InChI=1S/C21H31N3O2/c1-17(21(26)22-12-11-18-5-3-2-4-6-18)23-13-15-24(16-14-23)19-7-9-20(25)10-8-19/h5,7-10,17,25H,2-4,6,11-16H2,1H3,(H,22,26)/t17-/m1/s1. The molecule has 1 aliphatic carbocycles. The second kappa shape index (κ2) is 9.08. The lowest BCUT2D eigenvalue weighted by Crippen LogP contribution is -2.54. The Morgan fingerprint density at radius 3 is 2.54 bits per heavy atom. The van der Waals surface area contributed by atoms with Crippen LogP contribution in [0.2, 0.25) is 0 Å². The molecule has 0 bridgehead atoms. The zero-order valence-electron chi connectivity index (χ0n) is 15.8. The summed E-state index contributed by atoms with van der Waals surface area (Å²) < 4.78 is 0. The van der Waals surface area contributed by atoms with Crippen LogP contribution < -0.4 is 10.2 Å². The minimum absolute atomic E-state index is 0.0858. The first kappa shape index (κ1) is 18.8. The number of phenols is 1. The van der Waals surface area contributed by atoms with Gasteiger partial charge in [0.2, 0.25) is 5.91 Å². The first-order valence-corrected chi connectivity index (χ1v) is 9.87. The van der Waals surface area contributed by atoms with Crippen molar-refractivity contribution in [1.82, 2.24) is 10.2 Å². The number of carbonyl (C=O) groups excluding carboxylic acids is 1. The van der Waals surface area contributed by atoms with Crippen molar-refractivity contribution in [2.24, 2.45) is 0 Å². The van der Waals surface area contributed by atoms with E-state index >= 15 is 0 Å². The third-order valence-corrected chi connectivity index (χ3v) is 5.59. The number of amides is 1. The van der Waals surface area contributed by atoms with Crippen molar-refractivity contribution in [2.75, 3.05) is 37.6 Å². The first-order chi connectivity index (χ1) is 12.6. The number of piperazine rings is 1. The van der Waals surface area contributed by atoms with Gasteiger partial charge in [-0.25, -0.2) is 0 Å². The van der Waals surface area contributed by atoms with Gasteiger partial charge in [0.1, 0.15) is 5.75 Å². The summed E-state index contributed by atoms with van der Waals surface area (Å²) in [5.41, 5.74) is 2.63. The summed E-state index contributed by atoms with van der Waals surface area (Å²) in [6.45, 7) is 6.31. The molecule has 1 heterocycles. The summed E-state index contributed by atoms with van der Waals surface area (Å²) in [4.78, 5) is 17.0. The van der Waals surface area contributed by atoms with Crippen LogP contribution in [0.3, 0.4) is 0 Å². The van der Waals surface area contributed by atoms with Crippen molar-refractivity contribution < 1.29 is 9.90 Å². The third kappa shape index (κ3) is 5.01. The highest BCUT2D eigenvalue weighted by molar-refractivity contribution is 5.81. The number of hydrogen-bond donors (Lipinski definition) is 2. The predicted molar refractivity (Wildman–Crippen MR) is 106 cm³/mol. The van der Waals surface area contributed by atoms with Crippen LogP contribution in [-0.2, 0) is 4.79 Å². The molecule has 142 valence electrons. The van der Waals surface area contributed by atoms with Gasteiger partial charge in [-0.2, -0.15) is 0 Å². The highest BCUT2D eigenvalue weighted by Crippen LogP contribution is 2.21. The molecule has 0 spiro atoms. The molecule has 5 heteroatoms. The van der Waals surface area contributed by atoms with Gasteiger partial charge < -0.3 is 15.3 Å². The highest BCUT2D eigenvalue weighted by atomic mass is 16.3. The molecular weight excluding hydrogens is 326 g/mol. The first-order valence-electron chi connectivity index (χ1n) is 9.87. The van der Waals surface area contributed by atoms with Crippen LogP contribution >= 0.6 is 0 Å². The molecule has 3 rings (SSSR count). The van der Waals surface area contributed by atoms with E-state index in [2.05, 4.69) is 21.2 Å². The van der Waals surface area contributed by atoms with E-state index < -0.39 is 0 Å². The van der Waals surface area contributed by atoms with Gasteiger partial charge >= 0.3 is 0 Å². The minimum Gasteiger partial charge on any atom is -0.508 e. The largest absolute Gasteiger partial charge is 0.508 e. The van der Waals surface area contributed by atoms with Crippen LogP contribution in [0.25, 0.3) is 0 Å². The maximum atomic E-state index is 12.5. The van der Waals surface area contributed by atoms with Gasteiger partial charge in [0.05, 0.1) is 6.04 Å². The third-order valence-electron chi connectivity index (χ3n) is 5.59. The molecule has 0 saturated carbocycles.